The van der Waals surface area contributed by atoms with Crippen LogP contribution in [0.25, 0.3) is 0 Å². The summed E-state index contributed by atoms with van der Waals surface area (Å²) >= 11 is 5.03. The van der Waals surface area contributed by atoms with Crippen LogP contribution in [-0.4, -0.2) is 5.24 Å². The quantitative estimate of drug-likeness (QED) is 0.512. The Morgan fingerprint density at radius 1 is 2.14 bits per heavy atom. The smallest absolute Gasteiger partial charge is 0.224 e. The van der Waals surface area contributed by atoms with Gasteiger partial charge < -0.3 is 0 Å². The van der Waals surface area contributed by atoms with Gasteiger partial charge in [0.1, 0.15) is 0 Å². The Bertz CT molecular complexity index is 131. The average molecular weight is 124 g/mol. The zero-order valence-electron chi connectivity index (χ0n) is 7.07. The first kappa shape index (κ1) is 3.08. The van der Waals surface area contributed by atoms with Crippen LogP contribution in [0.5, 0.6) is 0 Å². The van der Waals surface area contributed by atoms with Gasteiger partial charge in [0.15, 0.2) is 0 Å². The number of hydrogen-bond donors (Lipinski definition) is 0. The molecule has 0 saturated carbocycles. The van der Waals surface area contributed by atoms with Crippen LogP contribution >= 0.6 is 11.6 Å². The monoisotopic (exact) mass is 123 g/mol. The van der Waals surface area contributed by atoms with Gasteiger partial charge in [-0.2, -0.15) is 0 Å². The van der Waals surface area contributed by atoms with Crippen molar-refractivity contribution in [2.24, 2.45) is 5.92 Å². The summed E-state index contributed by atoms with van der Waals surface area (Å²) in [5, 5.41) is -0.775. The molecular weight excluding hydrogens is 112 g/mol. The fraction of sp³-hybridized carbons (Fsp3) is 0.800. The highest BCUT2D eigenvalue weighted by molar-refractivity contribution is 6.63. The van der Waals surface area contributed by atoms with E-state index in [-0.39, 0.29) is 6.42 Å². The second-order valence-corrected chi connectivity index (χ2v) is 1.64. The van der Waals surface area contributed by atoms with Crippen molar-refractivity contribution < 1.29 is 8.91 Å². The van der Waals surface area contributed by atoms with Crippen LogP contribution < -0.4 is 0 Å². The van der Waals surface area contributed by atoms with E-state index in [1.807, 2.05) is 0 Å². The first-order valence-electron chi connectivity index (χ1n) is 3.59. The summed E-state index contributed by atoms with van der Waals surface area (Å²) in [7, 11) is 0. The van der Waals surface area contributed by atoms with Crippen molar-refractivity contribution in [1.29, 1.82) is 0 Å². The molecule has 0 N–H and O–H groups in total. The van der Waals surface area contributed by atoms with Gasteiger partial charge in [0.05, 0.1) is 0 Å². The fourth-order valence-corrected chi connectivity index (χ4v) is 0.315. The number of rotatable bonds is 2. The molecule has 0 aliphatic rings. The highest BCUT2D eigenvalue weighted by Crippen LogP contribution is 2.03. The van der Waals surface area contributed by atoms with E-state index < -0.39 is 18.0 Å². The predicted molar refractivity (Wildman–Crippen MR) is 30.3 cm³/mol. The molecule has 0 heterocycles. The molecule has 7 heavy (non-hydrogen) atoms. The van der Waals surface area contributed by atoms with E-state index in [9.17, 15) is 4.79 Å². The Hall–Kier alpha value is -0.0400. The third-order valence-corrected chi connectivity index (χ3v) is 0.946. The van der Waals surface area contributed by atoms with Crippen LogP contribution in [0.15, 0.2) is 0 Å². The van der Waals surface area contributed by atoms with Gasteiger partial charge in [-0.05, 0) is 18.0 Å². The fourth-order valence-electron chi connectivity index (χ4n) is 0.160. The molecule has 1 nitrogen and oxygen atoms in total. The number of hydrogen-bond acceptors (Lipinski definition) is 1. The van der Waals surface area contributed by atoms with Crippen LogP contribution in [0.1, 0.15) is 24.3 Å². The summed E-state index contributed by atoms with van der Waals surface area (Å²) in [4.78, 5) is 10.4. The second-order valence-electron chi connectivity index (χ2n) is 1.26. The summed E-state index contributed by atoms with van der Waals surface area (Å²) < 4.78 is 20.5. The molecule has 0 aromatic rings. The molecule has 0 radical (unpaired) electrons. The highest BCUT2D eigenvalue weighted by Gasteiger charge is 2.04. The highest BCUT2D eigenvalue weighted by atomic mass is 35.5. The topological polar surface area (TPSA) is 17.1 Å². The van der Waals surface area contributed by atoms with Crippen molar-refractivity contribution >= 4 is 16.8 Å². The van der Waals surface area contributed by atoms with Gasteiger partial charge in [-0.1, -0.05) is 13.8 Å². The maximum Gasteiger partial charge on any atom is 0.224 e. The molecule has 42 valence electrons. The molecule has 2 heteroatoms. The van der Waals surface area contributed by atoms with E-state index >= 15 is 0 Å². The van der Waals surface area contributed by atoms with Gasteiger partial charge in [0, 0.05) is 10.0 Å². The number of halogens is 1. The third kappa shape index (κ3) is 2.63. The molecule has 0 fully saturated rings. The van der Waals surface area contributed by atoms with E-state index in [1.54, 1.807) is 6.92 Å². The maximum atomic E-state index is 10.4. The van der Waals surface area contributed by atoms with Crippen LogP contribution in [0, 0.1) is 5.92 Å². The lowest BCUT2D eigenvalue weighted by Gasteiger charge is -1.95. The lowest BCUT2D eigenvalue weighted by Crippen LogP contribution is -1.99. The Balaban J connectivity index is 4.22. The minimum Gasteiger partial charge on any atom is -0.281 e. The standard InChI is InChI=1S/C5H9ClO/c1-3-4(2)5(6)7/h4H,3H2,1-2H3/t4-/m1/s1/i2D3. The zero-order chi connectivity index (χ0) is 8.36. The molecule has 0 amide bonds. The lowest BCUT2D eigenvalue weighted by atomic mass is 10.1. The average Bonchev–Trinajstić information content (AvgIpc) is 1.60. The van der Waals surface area contributed by atoms with Gasteiger partial charge in [-0.15, -0.1) is 0 Å². The Labute approximate surface area is 52.9 Å². The molecule has 0 bridgehead atoms. The Morgan fingerprint density at radius 2 is 2.71 bits per heavy atom. The largest absolute Gasteiger partial charge is 0.281 e. The van der Waals surface area contributed by atoms with Crippen molar-refractivity contribution in [3.63, 3.8) is 0 Å². The molecule has 0 spiro atoms. The number of carbonyl (C=O) groups excluding carboxylic acids is 1. The van der Waals surface area contributed by atoms with Gasteiger partial charge in [0.25, 0.3) is 0 Å². The van der Waals surface area contributed by atoms with E-state index in [4.69, 9.17) is 15.7 Å². The minimum absolute atomic E-state index is 0.263. The van der Waals surface area contributed by atoms with Gasteiger partial charge in [0.2, 0.25) is 5.24 Å². The molecule has 1 atom stereocenters. The van der Waals surface area contributed by atoms with Crippen LogP contribution in [-0.2, 0) is 4.79 Å². The second kappa shape index (κ2) is 3.03. The predicted octanol–water partition coefficient (Wildman–Crippen LogP) is 1.80. The van der Waals surface area contributed by atoms with Crippen molar-refractivity contribution in [3.8, 4) is 0 Å². The van der Waals surface area contributed by atoms with Gasteiger partial charge in [-0.3, -0.25) is 4.79 Å². The molecule has 0 rings (SSSR count). The lowest BCUT2D eigenvalue weighted by molar-refractivity contribution is -0.114. The molecule has 0 aliphatic heterocycles. The van der Waals surface area contributed by atoms with E-state index in [2.05, 4.69) is 0 Å². The van der Waals surface area contributed by atoms with E-state index in [0.29, 0.717) is 0 Å². The summed E-state index contributed by atoms with van der Waals surface area (Å²) in [6, 6.07) is 0. The Kier molecular flexibility index (Phi) is 1.33. The van der Waals surface area contributed by atoms with Crippen LogP contribution in [0.4, 0.5) is 0 Å². The normalized spacial score (nSPS) is 21.7. The van der Waals surface area contributed by atoms with Crippen molar-refractivity contribution in [1.82, 2.24) is 0 Å². The molecule has 0 aromatic carbocycles. The van der Waals surface area contributed by atoms with Gasteiger partial charge >= 0.3 is 0 Å². The summed E-state index contributed by atoms with van der Waals surface area (Å²) in [5.41, 5.74) is 0. The third-order valence-electron chi connectivity index (χ3n) is 0.682. The number of carbonyl (C=O) groups is 1. The van der Waals surface area contributed by atoms with Gasteiger partial charge in [-0.25, -0.2) is 0 Å². The SMILES string of the molecule is [2H]C([2H])([2H])[C@H](CC)C(=O)Cl. The minimum atomic E-state index is -2.24. The Morgan fingerprint density at radius 3 is 2.71 bits per heavy atom. The molecule has 0 unspecified atom stereocenters. The van der Waals surface area contributed by atoms with Crippen molar-refractivity contribution in [2.45, 2.75) is 20.2 Å². The van der Waals surface area contributed by atoms with E-state index in [1.165, 1.54) is 0 Å². The molecular formula is C5H9ClO. The maximum absolute atomic E-state index is 10.4. The summed E-state index contributed by atoms with van der Waals surface area (Å²) in [6.45, 7) is -0.620. The first-order valence-corrected chi connectivity index (χ1v) is 2.46. The summed E-state index contributed by atoms with van der Waals surface area (Å²) in [5.74, 6) is -1.01. The first-order chi connectivity index (χ1) is 4.39. The molecule has 0 aromatic heterocycles. The zero-order valence-corrected chi connectivity index (χ0v) is 4.83. The van der Waals surface area contributed by atoms with Crippen LogP contribution in [0.3, 0.4) is 0 Å². The van der Waals surface area contributed by atoms with Crippen LogP contribution in [0.2, 0.25) is 0 Å². The van der Waals surface area contributed by atoms with Crippen molar-refractivity contribution in [2.75, 3.05) is 0 Å². The molecule has 0 saturated heterocycles. The summed E-state index contributed by atoms with van der Waals surface area (Å²) in [6.07, 6.45) is 0.263. The van der Waals surface area contributed by atoms with Crippen molar-refractivity contribution in [3.05, 3.63) is 0 Å². The van der Waals surface area contributed by atoms with E-state index in [0.717, 1.165) is 0 Å². The molecule has 0 aliphatic carbocycles.